The van der Waals surface area contributed by atoms with Gasteiger partial charge in [-0.25, -0.2) is 4.99 Å². The van der Waals surface area contributed by atoms with Crippen LogP contribution in [0, 0.1) is 0 Å². The first-order chi connectivity index (χ1) is 13.1. The van der Waals surface area contributed by atoms with Crippen molar-refractivity contribution >= 4 is 34.7 Å². The van der Waals surface area contributed by atoms with Gasteiger partial charge in [0.2, 0.25) is 0 Å². The molecule has 3 aromatic rings. The summed E-state index contributed by atoms with van der Waals surface area (Å²) in [6, 6.07) is 23.5. The molecule has 0 aliphatic carbocycles. The molecule has 0 heterocycles. The first-order valence-electron chi connectivity index (χ1n) is 8.27. The lowest BCUT2D eigenvalue weighted by Gasteiger charge is -2.08. The molecule has 0 radical (unpaired) electrons. The maximum atomic E-state index is 12.4. The summed E-state index contributed by atoms with van der Waals surface area (Å²) >= 11 is 5.63. The Kier molecular flexibility index (Phi) is 6.07. The molecular weight excluding hydrogens is 362 g/mol. The van der Waals surface area contributed by atoms with Gasteiger partial charge in [-0.3, -0.25) is 4.79 Å². The molecule has 0 aliphatic heterocycles. The molecule has 0 bridgehead atoms. The number of hydrogen-bond acceptors (Lipinski definition) is 3. The molecule has 3 aromatic carbocycles. The fraction of sp³-hybridized carbons (Fsp3) is 0.0476. The number of amidine groups is 1. The van der Waals surface area contributed by atoms with Crippen LogP contribution in [-0.2, 0) is 0 Å². The summed E-state index contributed by atoms with van der Waals surface area (Å²) in [4.78, 5) is 16.6. The SMILES string of the molecule is NC(CCl)=Nc1cccc(C(=O)Nc2ccc(Oc3ccccc3)cc2)c1. The Morgan fingerprint density at radius 3 is 2.37 bits per heavy atom. The molecule has 136 valence electrons. The lowest BCUT2D eigenvalue weighted by atomic mass is 10.2. The van der Waals surface area contributed by atoms with E-state index in [1.165, 1.54) is 0 Å². The molecule has 0 spiro atoms. The van der Waals surface area contributed by atoms with Crippen LogP contribution in [0.15, 0.2) is 83.9 Å². The Balaban J connectivity index is 1.66. The van der Waals surface area contributed by atoms with Gasteiger partial charge in [0.05, 0.1) is 11.6 Å². The molecule has 1 amide bonds. The fourth-order valence-corrected chi connectivity index (χ4v) is 2.41. The maximum absolute atomic E-state index is 12.4. The Bertz CT molecular complexity index is 941. The molecular formula is C21H18ClN3O2. The monoisotopic (exact) mass is 379 g/mol. The molecule has 0 atom stereocenters. The number of nitrogens with zero attached hydrogens (tertiary/aromatic N) is 1. The van der Waals surface area contributed by atoms with Gasteiger partial charge in [0.15, 0.2) is 0 Å². The Hall–Kier alpha value is -3.31. The van der Waals surface area contributed by atoms with Gasteiger partial charge in [0.1, 0.15) is 17.3 Å². The summed E-state index contributed by atoms with van der Waals surface area (Å²) in [5, 5.41) is 2.84. The van der Waals surface area contributed by atoms with Crippen LogP contribution in [0.5, 0.6) is 11.5 Å². The molecule has 0 fully saturated rings. The van der Waals surface area contributed by atoms with Crippen molar-refractivity contribution in [1.82, 2.24) is 0 Å². The van der Waals surface area contributed by atoms with Crippen LogP contribution >= 0.6 is 11.6 Å². The molecule has 0 saturated carbocycles. The predicted molar refractivity (Wildman–Crippen MR) is 109 cm³/mol. The molecule has 3 rings (SSSR count). The second kappa shape index (κ2) is 8.87. The van der Waals surface area contributed by atoms with Gasteiger partial charge < -0.3 is 15.8 Å². The minimum atomic E-state index is -0.242. The van der Waals surface area contributed by atoms with Gasteiger partial charge in [0, 0.05) is 11.3 Å². The van der Waals surface area contributed by atoms with Crippen LogP contribution in [0.4, 0.5) is 11.4 Å². The molecule has 0 unspecified atom stereocenters. The standard InChI is InChI=1S/C21H18ClN3O2/c22-14-20(23)24-17-6-4-5-15(13-17)21(26)25-16-9-11-19(12-10-16)27-18-7-2-1-3-8-18/h1-13H,14H2,(H2,23,24)(H,25,26). The van der Waals surface area contributed by atoms with Gasteiger partial charge >= 0.3 is 0 Å². The van der Waals surface area contributed by atoms with Gasteiger partial charge in [0.25, 0.3) is 5.91 Å². The number of aliphatic imine (C=N–C) groups is 1. The number of amides is 1. The average molecular weight is 380 g/mol. The van der Waals surface area contributed by atoms with Crippen molar-refractivity contribution in [1.29, 1.82) is 0 Å². The molecule has 5 nitrogen and oxygen atoms in total. The number of rotatable bonds is 6. The average Bonchev–Trinajstić information content (AvgIpc) is 2.70. The van der Waals surface area contributed by atoms with E-state index in [1.54, 1.807) is 48.5 Å². The topological polar surface area (TPSA) is 76.7 Å². The quantitative estimate of drug-likeness (QED) is 0.361. The number of nitrogens with two attached hydrogens (primary N) is 1. The Morgan fingerprint density at radius 1 is 0.963 bits per heavy atom. The highest BCUT2D eigenvalue weighted by Crippen LogP contribution is 2.23. The number of benzene rings is 3. The zero-order chi connectivity index (χ0) is 19.1. The van der Waals surface area contributed by atoms with Crippen LogP contribution in [-0.4, -0.2) is 17.6 Å². The van der Waals surface area contributed by atoms with Crippen LogP contribution in [0.25, 0.3) is 0 Å². The van der Waals surface area contributed by atoms with Crippen molar-refractivity contribution < 1.29 is 9.53 Å². The number of carbonyl (C=O) groups is 1. The number of carbonyl (C=O) groups excluding carboxylic acids is 1. The zero-order valence-corrected chi connectivity index (χ0v) is 15.2. The summed E-state index contributed by atoms with van der Waals surface area (Å²) in [6.45, 7) is 0. The second-order valence-corrected chi connectivity index (χ2v) is 5.95. The lowest BCUT2D eigenvalue weighted by Crippen LogP contribution is -2.13. The lowest BCUT2D eigenvalue weighted by molar-refractivity contribution is 0.102. The zero-order valence-electron chi connectivity index (χ0n) is 14.4. The highest BCUT2D eigenvalue weighted by Gasteiger charge is 2.07. The Morgan fingerprint density at radius 2 is 1.67 bits per heavy atom. The second-order valence-electron chi connectivity index (χ2n) is 5.68. The van der Waals surface area contributed by atoms with Gasteiger partial charge in [-0.15, -0.1) is 11.6 Å². The van der Waals surface area contributed by atoms with E-state index in [-0.39, 0.29) is 11.8 Å². The number of nitrogens with one attached hydrogen (secondary N) is 1. The van der Waals surface area contributed by atoms with Crippen LogP contribution in [0.2, 0.25) is 0 Å². The molecule has 6 heteroatoms. The van der Waals surface area contributed by atoms with E-state index >= 15 is 0 Å². The summed E-state index contributed by atoms with van der Waals surface area (Å²) < 4.78 is 5.74. The third-order valence-electron chi connectivity index (χ3n) is 3.61. The van der Waals surface area contributed by atoms with E-state index in [0.717, 1.165) is 5.75 Å². The third kappa shape index (κ3) is 5.33. The van der Waals surface area contributed by atoms with E-state index in [0.29, 0.717) is 28.5 Å². The minimum absolute atomic E-state index is 0.133. The largest absolute Gasteiger partial charge is 0.457 e. The Labute approximate surface area is 162 Å². The predicted octanol–water partition coefficient (Wildman–Crippen LogP) is 4.96. The van der Waals surface area contributed by atoms with Crippen LogP contribution in [0.1, 0.15) is 10.4 Å². The van der Waals surface area contributed by atoms with E-state index in [1.807, 2.05) is 30.3 Å². The first-order valence-corrected chi connectivity index (χ1v) is 8.81. The number of para-hydroxylation sites is 1. The van der Waals surface area contributed by atoms with Crippen LogP contribution < -0.4 is 15.8 Å². The van der Waals surface area contributed by atoms with Crippen molar-refractivity contribution in [3.63, 3.8) is 0 Å². The highest BCUT2D eigenvalue weighted by molar-refractivity contribution is 6.28. The molecule has 0 saturated heterocycles. The van der Waals surface area contributed by atoms with E-state index in [9.17, 15) is 4.79 Å². The van der Waals surface area contributed by atoms with E-state index in [4.69, 9.17) is 22.1 Å². The molecule has 0 aromatic heterocycles. The van der Waals surface area contributed by atoms with Gasteiger partial charge in [-0.05, 0) is 54.6 Å². The number of ether oxygens (including phenoxy) is 1. The maximum Gasteiger partial charge on any atom is 0.255 e. The smallest absolute Gasteiger partial charge is 0.255 e. The summed E-state index contributed by atoms with van der Waals surface area (Å²) in [5.74, 6) is 1.62. The number of halogens is 1. The summed E-state index contributed by atoms with van der Waals surface area (Å²) in [7, 11) is 0. The third-order valence-corrected chi connectivity index (χ3v) is 3.88. The fourth-order valence-electron chi connectivity index (χ4n) is 2.35. The van der Waals surface area contributed by atoms with Crippen molar-refractivity contribution in [3.8, 4) is 11.5 Å². The normalized spacial score (nSPS) is 11.1. The van der Waals surface area contributed by atoms with Crippen LogP contribution in [0.3, 0.4) is 0 Å². The minimum Gasteiger partial charge on any atom is -0.457 e. The van der Waals surface area contributed by atoms with Crippen molar-refractivity contribution in [2.75, 3.05) is 11.2 Å². The van der Waals surface area contributed by atoms with E-state index < -0.39 is 0 Å². The number of anilines is 1. The van der Waals surface area contributed by atoms with E-state index in [2.05, 4.69) is 10.3 Å². The van der Waals surface area contributed by atoms with Gasteiger partial charge in [-0.1, -0.05) is 24.3 Å². The number of alkyl halides is 1. The molecule has 0 aliphatic rings. The summed E-state index contributed by atoms with van der Waals surface area (Å²) in [6.07, 6.45) is 0. The van der Waals surface area contributed by atoms with Crippen molar-refractivity contribution in [2.24, 2.45) is 10.7 Å². The summed E-state index contributed by atoms with van der Waals surface area (Å²) in [5.41, 5.74) is 7.34. The van der Waals surface area contributed by atoms with Crippen molar-refractivity contribution in [2.45, 2.75) is 0 Å². The molecule has 3 N–H and O–H groups in total. The van der Waals surface area contributed by atoms with Gasteiger partial charge in [-0.2, -0.15) is 0 Å². The first kappa shape index (κ1) is 18.5. The highest BCUT2D eigenvalue weighted by atomic mass is 35.5. The number of hydrogen-bond donors (Lipinski definition) is 2. The van der Waals surface area contributed by atoms with Crippen molar-refractivity contribution in [3.05, 3.63) is 84.4 Å². The molecule has 27 heavy (non-hydrogen) atoms.